The van der Waals surface area contributed by atoms with E-state index in [1.165, 1.54) is 0 Å². The molecule has 0 aromatic carbocycles. The number of rotatable bonds is 2. The standard InChI is InChI=1S/C6H9IN2O/c1-5(4-10)9-3-6(7)2-8-9/h2-3,5,10H,4H2,1H3/t5-/m1/s1. The first-order chi connectivity index (χ1) is 4.74. The van der Waals surface area contributed by atoms with Gasteiger partial charge in [-0.2, -0.15) is 5.10 Å². The molecule has 1 heterocycles. The van der Waals surface area contributed by atoms with E-state index in [0.29, 0.717) is 0 Å². The predicted octanol–water partition coefficient (Wildman–Crippen LogP) is 1.04. The van der Waals surface area contributed by atoms with Crippen LogP contribution in [-0.2, 0) is 0 Å². The molecule has 0 bridgehead atoms. The molecule has 1 N–H and O–H groups in total. The summed E-state index contributed by atoms with van der Waals surface area (Å²) < 4.78 is 2.85. The fourth-order valence-corrected chi connectivity index (χ4v) is 1.05. The predicted molar refractivity (Wildman–Crippen MR) is 46.7 cm³/mol. The molecule has 1 rings (SSSR count). The Bertz CT molecular complexity index is 211. The third-order valence-electron chi connectivity index (χ3n) is 1.29. The van der Waals surface area contributed by atoms with Crippen LogP contribution in [0.5, 0.6) is 0 Å². The fraction of sp³-hybridized carbons (Fsp3) is 0.500. The van der Waals surface area contributed by atoms with Crippen LogP contribution < -0.4 is 0 Å². The van der Waals surface area contributed by atoms with Gasteiger partial charge in [-0.15, -0.1) is 0 Å². The molecule has 3 nitrogen and oxygen atoms in total. The van der Waals surface area contributed by atoms with Crippen molar-refractivity contribution in [2.75, 3.05) is 6.61 Å². The number of halogens is 1. The zero-order valence-corrected chi connectivity index (χ0v) is 7.82. The fourth-order valence-electron chi connectivity index (χ4n) is 0.640. The van der Waals surface area contributed by atoms with Gasteiger partial charge >= 0.3 is 0 Å². The quantitative estimate of drug-likeness (QED) is 0.798. The second-order valence-electron chi connectivity index (χ2n) is 2.17. The minimum absolute atomic E-state index is 0.0866. The molecule has 1 aromatic rings. The second-order valence-corrected chi connectivity index (χ2v) is 3.42. The van der Waals surface area contributed by atoms with Crippen LogP contribution in [0.2, 0.25) is 0 Å². The molecular weight excluding hydrogens is 243 g/mol. The Balaban J connectivity index is 2.74. The summed E-state index contributed by atoms with van der Waals surface area (Å²) in [5.41, 5.74) is 0. The Morgan fingerprint density at radius 3 is 3.00 bits per heavy atom. The van der Waals surface area contributed by atoms with Gasteiger partial charge in [-0.3, -0.25) is 4.68 Å². The van der Waals surface area contributed by atoms with Gasteiger partial charge < -0.3 is 5.11 Å². The van der Waals surface area contributed by atoms with Gasteiger partial charge in [0, 0.05) is 6.20 Å². The number of aliphatic hydroxyl groups excluding tert-OH is 1. The first-order valence-corrected chi connectivity index (χ1v) is 4.12. The van der Waals surface area contributed by atoms with Crippen molar-refractivity contribution in [3.05, 3.63) is 16.0 Å². The summed E-state index contributed by atoms with van der Waals surface area (Å²) in [6.07, 6.45) is 3.67. The molecule has 10 heavy (non-hydrogen) atoms. The maximum Gasteiger partial charge on any atom is 0.0722 e. The summed E-state index contributed by atoms with van der Waals surface area (Å²) in [5.74, 6) is 0. The topological polar surface area (TPSA) is 38.0 Å². The van der Waals surface area contributed by atoms with Gasteiger partial charge in [0.15, 0.2) is 0 Å². The van der Waals surface area contributed by atoms with Crippen molar-refractivity contribution >= 4 is 22.6 Å². The Morgan fingerprint density at radius 1 is 1.90 bits per heavy atom. The monoisotopic (exact) mass is 252 g/mol. The number of aliphatic hydroxyl groups is 1. The first kappa shape index (κ1) is 8.00. The summed E-state index contributed by atoms with van der Waals surface area (Å²) >= 11 is 2.19. The molecular formula is C6H9IN2O. The third kappa shape index (κ3) is 1.69. The summed E-state index contributed by atoms with van der Waals surface area (Å²) in [4.78, 5) is 0. The van der Waals surface area contributed by atoms with Gasteiger partial charge in [0.25, 0.3) is 0 Å². The molecule has 0 unspecified atom stereocenters. The number of hydrogen-bond donors (Lipinski definition) is 1. The second kappa shape index (κ2) is 3.34. The molecule has 0 aliphatic rings. The average molecular weight is 252 g/mol. The van der Waals surface area contributed by atoms with Gasteiger partial charge in [-0.25, -0.2) is 0 Å². The highest BCUT2D eigenvalue weighted by atomic mass is 127. The van der Waals surface area contributed by atoms with Gasteiger partial charge in [0.2, 0.25) is 0 Å². The van der Waals surface area contributed by atoms with E-state index in [1.54, 1.807) is 10.9 Å². The van der Waals surface area contributed by atoms with Crippen LogP contribution in [-0.4, -0.2) is 21.5 Å². The van der Waals surface area contributed by atoms with E-state index in [-0.39, 0.29) is 12.6 Å². The average Bonchev–Trinajstić information content (AvgIpc) is 2.34. The molecule has 0 amide bonds. The van der Waals surface area contributed by atoms with Crippen molar-refractivity contribution in [3.8, 4) is 0 Å². The van der Waals surface area contributed by atoms with E-state index in [1.807, 2.05) is 13.1 Å². The highest BCUT2D eigenvalue weighted by molar-refractivity contribution is 14.1. The smallest absolute Gasteiger partial charge is 0.0722 e. The van der Waals surface area contributed by atoms with Crippen LogP contribution in [0.1, 0.15) is 13.0 Å². The molecule has 0 saturated carbocycles. The van der Waals surface area contributed by atoms with E-state index in [4.69, 9.17) is 5.11 Å². The SMILES string of the molecule is C[C@H](CO)n1cc(I)cn1. The van der Waals surface area contributed by atoms with E-state index < -0.39 is 0 Å². The minimum Gasteiger partial charge on any atom is -0.394 e. The lowest BCUT2D eigenvalue weighted by Crippen LogP contribution is -2.09. The third-order valence-corrected chi connectivity index (χ3v) is 1.84. The first-order valence-electron chi connectivity index (χ1n) is 3.04. The number of hydrogen-bond acceptors (Lipinski definition) is 2. The zero-order chi connectivity index (χ0) is 7.56. The Hall–Kier alpha value is -0.100. The van der Waals surface area contributed by atoms with E-state index in [2.05, 4.69) is 27.7 Å². The van der Waals surface area contributed by atoms with E-state index in [9.17, 15) is 0 Å². The molecule has 0 saturated heterocycles. The molecule has 1 atom stereocenters. The molecule has 0 aliphatic heterocycles. The lowest BCUT2D eigenvalue weighted by molar-refractivity contribution is 0.229. The van der Waals surface area contributed by atoms with Crippen molar-refractivity contribution < 1.29 is 5.11 Å². The van der Waals surface area contributed by atoms with Crippen molar-refractivity contribution in [3.63, 3.8) is 0 Å². The van der Waals surface area contributed by atoms with Crippen molar-refractivity contribution in [2.24, 2.45) is 0 Å². The van der Waals surface area contributed by atoms with Crippen LogP contribution >= 0.6 is 22.6 Å². The summed E-state index contributed by atoms with van der Waals surface area (Å²) in [5, 5.41) is 12.8. The van der Waals surface area contributed by atoms with Crippen LogP contribution in [0.15, 0.2) is 12.4 Å². The van der Waals surface area contributed by atoms with Crippen LogP contribution in [0, 0.1) is 3.57 Å². The van der Waals surface area contributed by atoms with E-state index >= 15 is 0 Å². The maximum absolute atomic E-state index is 8.73. The summed E-state index contributed by atoms with van der Waals surface area (Å²) in [7, 11) is 0. The molecule has 56 valence electrons. The van der Waals surface area contributed by atoms with Crippen molar-refractivity contribution in [1.29, 1.82) is 0 Å². The lowest BCUT2D eigenvalue weighted by Gasteiger charge is -2.06. The maximum atomic E-state index is 8.73. The van der Waals surface area contributed by atoms with Crippen LogP contribution in [0.4, 0.5) is 0 Å². The van der Waals surface area contributed by atoms with Crippen LogP contribution in [0.25, 0.3) is 0 Å². The molecule has 1 aromatic heterocycles. The minimum atomic E-state index is 0.0866. The highest BCUT2D eigenvalue weighted by Gasteiger charge is 2.02. The van der Waals surface area contributed by atoms with Gasteiger partial charge in [-0.1, -0.05) is 0 Å². The molecule has 0 radical (unpaired) electrons. The van der Waals surface area contributed by atoms with Crippen molar-refractivity contribution in [1.82, 2.24) is 9.78 Å². The number of nitrogens with zero attached hydrogens (tertiary/aromatic N) is 2. The van der Waals surface area contributed by atoms with Gasteiger partial charge in [0.1, 0.15) is 0 Å². The number of aromatic nitrogens is 2. The Labute approximate surface area is 73.2 Å². The van der Waals surface area contributed by atoms with Crippen molar-refractivity contribution in [2.45, 2.75) is 13.0 Å². The van der Waals surface area contributed by atoms with E-state index in [0.717, 1.165) is 3.57 Å². The summed E-state index contributed by atoms with van der Waals surface area (Å²) in [6.45, 7) is 2.06. The molecule has 0 spiro atoms. The van der Waals surface area contributed by atoms with Gasteiger partial charge in [-0.05, 0) is 29.5 Å². The largest absolute Gasteiger partial charge is 0.394 e. The highest BCUT2D eigenvalue weighted by Crippen LogP contribution is 2.06. The molecule has 0 fully saturated rings. The lowest BCUT2D eigenvalue weighted by atomic mass is 10.4. The summed E-state index contributed by atoms with van der Waals surface area (Å²) in [6, 6.07) is 0.0866. The molecule has 4 heteroatoms. The molecule has 0 aliphatic carbocycles. The zero-order valence-electron chi connectivity index (χ0n) is 5.66. The van der Waals surface area contributed by atoms with Crippen LogP contribution in [0.3, 0.4) is 0 Å². The Morgan fingerprint density at radius 2 is 2.60 bits per heavy atom. The Kier molecular flexibility index (Phi) is 2.67. The normalized spacial score (nSPS) is 13.5. The van der Waals surface area contributed by atoms with Gasteiger partial charge in [0.05, 0.1) is 22.4 Å².